The molecule has 0 aliphatic rings. The zero-order valence-corrected chi connectivity index (χ0v) is 14.4. The molecule has 0 atom stereocenters. The third-order valence-electron chi connectivity index (χ3n) is 3.13. The highest BCUT2D eigenvalue weighted by atomic mass is 35.5. The Morgan fingerprint density at radius 2 is 1.71 bits per heavy atom. The standard InChI is InChI=1S/C15H16ClNO2S2/c1-10-5-4-6-11(2)15(10)17-21(18,19)14-9-12(16)7-8-13(14)20-3/h4-9,17H,1-3H3. The van der Waals surface area contributed by atoms with Crippen molar-refractivity contribution < 1.29 is 8.42 Å². The number of hydrogen-bond acceptors (Lipinski definition) is 3. The number of benzene rings is 2. The highest BCUT2D eigenvalue weighted by Crippen LogP contribution is 2.30. The average molecular weight is 342 g/mol. The molecule has 0 radical (unpaired) electrons. The van der Waals surface area contributed by atoms with Crippen molar-refractivity contribution in [3.63, 3.8) is 0 Å². The number of anilines is 1. The van der Waals surface area contributed by atoms with Crippen molar-refractivity contribution in [2.75, 3.05) is 11.0 Å². The Labute approximate surface area is 134 Å². The van der Waals surface area contributed by atoms with Crippen LogP contribution >= 0.6 is 23.4 Å². The van der Waals surface area contributed by atoms with E-state index in [0.717, 1.165) is 11.1 Å². The predicted octanol–water partition coefficient (Wildman–Crippen LogP) is 4.48. The summed E-state index contributed by atoms with van der Waals surface area (Å²) in [6.07, 6.45) is 1.83. The number of rotatable bonds is 4. The van der Waals surface area contributed by atoms with Crippen molar-refractivity contribution in [1.82, 2.24) is 0 Å². The minimum absolute atomic E-state index is 0.199. The molecule has 0 heterocycles. The fourth-order valence-corrected chi connectivity index (χ4v) is 4.62. The molecule has 0 saturated carbocycles. The highest BCUT2D eigenvalue weighted by Gasteiger charge is 2.20. The summed E-state index contributed by atoms with van der Waals surface area (Å²) >= 11 is 7.32. The minimum Gasteiger partial charge on any atom is -0.279 e. The first-order valence-electron chi connectivity index (χ1n) is 6.27. The van der Waals surface area contributed by atoms with Gasteiger partial charge in [-0.05, 0) is 49.4 Å². The van der Waals surface area contributed by atoms with E-state index in [1.54, 1.807) is 12.1 Å². The SMILES string of the molecule is CSc1ccc(Cl)cc1S(=O)(=O)Nc1c(C)cccc1C. The monoisotopic (exact) mass is 341 g/mol. The Balaban J connectivity index is 2.51. The Morgan fingerprint density at radius 1 is 1.10 bits per heavy atom. The topological polar surface area (TPSA) is 46.2 Å². The summed E-state index contributed by atoms with van der Waals surface area (Å²) in [4.78, 5) is 0.864. The van der Waals surface area contributed by atoms with Gasteiger partial charge in [0.1, 0.15) is 4.90 Å². The first-order valence-corrected chi connectivity index (χ1v) is 9.36. The van der Waals surface area contributed by atoms with E-state index in [-0.39, 0.29) is 4.90 Å². The van der Waals surface area contributed by atoms with Crippen molar-refractivity contribution in [1.29, 1.82) is 0 Å². The summed E-state index contributed by atoms with van der Waals surface area (Å²) in [7, 11) is -3.68. The van der Waals surface area contributed by atoms with E-state index in [4.69, 9.17) is 11.6 Å². The van der Waals surface area contributed by atoms with Crippen LogP contribution in [-0.2, 0) is 10.0 Å². The summed E-state index contributed by atoms with van der Waals surface area (Å²) in [6, 6.07) is 10.5. The zero-order chi connectivity index (χ0) is 15.6. The second kappa shape index (κ2) is 6.30. The van der Waals surface area contributed by atoms with Crippen molar-refractivity contribution >= 4 is 39.1 Å². The quantitative estimate of drug-likeness (QED) is 0.834. The summed E-state index contributed by atoms with van der Waals surface area (Å²) in [5.41, 5.74) is 2.38. The molecule has 2 rings (SSSR count). The lowest BCUT2D eigenvalue weighted by Crippen LogP contribution is -2.15. The Morgan fingerprint density at radius 3 is 2.29 bits per heavy atom. The summed E-state index contributed by atoms with van der Waals surface area (Å²) in [5.74, 6) is 0. The van der Waals surface area contributed by atoms with Crippen molar-refractivity contribution in [2.45, 2.75) is 23.6 Å². The molecular weight excluding hydrogens is 326 g/mol. The zero-order valence-electron chi connectivity index (χ0n) is 12.0. The van der Waals surface area contributed by atoms with Crippen molar-refractivity contribution in [3.8, 4) is 0 Å². The number of para-hydroxylation sites is 1. The van der Waals surface area contributed by atoms with Crippen LogP contribution in [0.25, 0.3) is 0 Å². The molecule has 112 valence electrons. The molecule has 1 N–H and O–H groups in total. The smallest absolute Gasteiger partial charge is 0.263 e. The second-order valence-electron chi connectivity index (χ2n) is 4.67. The molecule has 21 heavy (non-hydrogen) atoms. The Kier molecular flexibility index (Phi) is 4.86. The van der Waals surface area contributed by atoms with E-state index in [9.17, 15) is 8.42 Å². The van der Waals surface area contributed by atoms with Crippen LogP contribution in [0, 0.1) is 13.8 Å². The van der Waals surface area contributed by atoms with Crippen LogP contribution in [0.3, 0.4) is 0 Å². The van der Waals surface area contributed by atoms with Crippen molar-refractivity contribution in [2.24, 2.45) is 0 Å². The van der Waals surface area contributed by atoms with Gasteiger partial charge in [0, 0.05) is 9.92 Å². The van der Waals surface area contributed by atoms with Gasteiger partial charge in [-0.15, -0.1) is 11.8 Å². The fraction of sp³-hybridized carbons (Fsp3) is 0.200. The highest BCUT2D eigenvalue weighted by molar-refractivity contribution is 7.99. The van der Waals surface area contributed by atoms with E-state index >= 15 is 0 Å². The number of halogens is 1. The van der Waals surface area contributed by atoms with Gasteiger partial charge in [-0.2, -0.15) is 0 Å². The molecule has 0 bridgehead atoms. The largest absolute Gasteiger partial charge is 0.279 e. The van der Waals surface area contributed by atoms with Gasteiger partial charge in [-0.3, -0.25) is 4.72 Å². The maximum Gasteiger partial charge on any atom is 0.263 e. The van der Waals surface area contributed by atoms with Crippen LogP contribution in [0.2, 0.25) is 5.02 Å². The third-order valence-corrected chi connectivity index (χ3v) is 5.68. The molecule has 0 aliphatic carbocycles. The van der Waals surface area contributed by atoms with Gasteiger partial charge in [-0.1, -0.05) is 29.8 Å². The first-order chi connectivity index (χ1) is 9.85. The second-order valence-corrected chi connectivity index (χ2v) is 7.60. The van der Waals surface area contributed by atoms with Crippen LogP contribution in [0.15, 0.2) is 46.2 Å². The molecule has 2 aromatic carbocycles. The molecule has 3 nitrogen and oxygen atoms in total. The molecule has 0 aliphatic heterocycles. The average Bonchev–Trinajstić information content (AvgIpc) is 2.43. The Hall–Kier alpha value is -1.17. The molecule has 0 fully saturated rings. The maximum absolute atomic E-state index is 12.7. The van der Waals surface area contributed by atoms with E-state index in [2.05, 4.69) is 4.72 Å². The predicted molar refractivity (Wildman–Crippen MR) is 90.0 cm³/mol. The van der Waals surface area contributed by atoms with Gasteiger partial charge >= 0.3 is 0 Å². The van der Waals surface area contributed by atoms with Gasteiger partial charge in [0.2, 0.25) is 0 Å². The summed E-state index contributed by atoms with van der Waals surface area (Å²) in [5, 5.41) is 0.398. The van der Waals surface area contributed by atoms with Crippen LogP contribution < -0.4 is 4.72 Å². The fourth-order valence-electron chi connectivity index (χ4n) is 2.03. The van der Waals surface area contributed by atoms with E-state index in [1.807, 2.05) is 38.3 Å². The molecule has 0 amide bonds. The lowest BCUT2D eigenvalue weighted by Gasteiger charge is -2.15. The number of nitrogens with one attached hydrogen (secondary N) is 1. The van der Waals surface area contributed by atoms with Crippen LogP contribution in [-0.4, -0.2) is 14.7 Å². The van der Waals surface area contributed by atoms with Crippen LogP contribution in [0.4, 0.5) is 5.69 Å². The lowest BCUT2D eigenvalue weighted by molar-refractivity contribution is 0.599. The summed E-state index contributed by atoms with van der Waals surface area (Å²) < 4.78 is 28.0. The van der Waals surface area contributed by atoms with Gasteiger partial charge in [0.25, 0.3) is 10.0 Å². The molecule has 0 aromatic heterocycles. The van der Waals surface area contributed by atoms with Gasteiger partial charge < -0.3 is 0 Å². The number of sulfonamides is 1. The van der Waals surface area contributed by atoms with E-state index in [1.165, 1.54) is 17.8 Å². The minimum atomic E-state index is -3.68. The number of hydrogen-bond donors (Lipinski definition) is 1. The Bertz CT molecular complexity index is 753. The molecule has 6 heteroatoms. The molecule has 0 spiro atoms. The molecule has 0 saturated heterocycles. The number of aryl methyl sites for hydroxylation is 2. The molecule has 0 unspecified atom stereocenters. The van der Waals surface area contributed by atoms with E-state index in [0.29, 0.717) is 15.6 Å². The molecular formula is C15H16ClNO2S2. The van der Waals surface area contributed by atoms with Gasteiger partial charge in [-0.25, -0.2) is 8.42 Å². The van der Waals surface area contributed by atoms with Crippen LogP contribution in [0.5, 0.6) is 0 Å². The molecule has 2 aromatic rings. The first kappa shape index (κ1) is 16.2. The summed E-state index contributed by atoms with van der Waals surface area (Å²) in [6.45, 7) is 3.75. The van der Waals surface area contributed by atoms with Crippen LogP contribution in [0.1, 0.15) is 11.1 Å². The normalized spacial score (nSPS) is 11.4. The van der Waals surface area contributed by atoms with Crippen molar-refractivity contribution in [3.05, 3.63) is 52.5 Å². The van der Waals surface area contributed by atoms with Gasteiger partial charge in [0.15, 0.2) is 0 Å². The van der Waals surface area contributed by atoms with Gasteiger partial charge in [0.05, 0.1) is 5.69 Å². The lowest BCUT2D eigenvalue weighted by atomic mass is 10.1. The maximum atomic E-state index is 12.7. The third kappa shape index (κ3) is 3.54. The van der Waals surface area contributed by atoms with E-state index < -0.39 is 10.0 Å². The number of thioether (sulfide) groups is 1.